The monoisotopic (exact) mass is 976 g/mol. The average molecular weight is 977 g/mol. The molecule has 17 nitrogen and oxygen atoms in total. The molecule has 0 unspecified atom stereocenters. The predicted octanol–water partition coefficient (Wildman–Crippen LogP) is 5.32. The van der Waals surface area contributed by atoms with Gasteiger partial charge >= 0.3 is 0 Å². The van der Waals surface area contributed by atoms with E-state index in [9.17, 15) is 38.3 Å². The van der Waals surface area contributed by atoms with Crippen molar-refractivity contribution in [2.45, 2.75) is 116 Å². The highest BCUT2D eigenvalue weighted by Gasteiger charge is 2.53. The number of thiazole rings is 1. The van der Waals surface area contributed by atoms with E-state index in [4.69, 9.17) is 4.98 Å². The van der Waals surface area contributed by atoms with Gasteiger partial charge < -0.3 is 41.6 Å². The molecule has 7 N–H and O–H groups in total. The van der Waals surface area contributed by atoms with Crippen LogP contribution in [0.3, 0.4) is 0 Å². The van der Waals surface area contributed by atoms with Crippen LogP contribution in [0.1, 0.15) is 110 Å². The summed E-state index contributed by atoms with van der Waals surface area (Å²) in [6.45, 7) is 11.1. The minimum Gasteiger partial charge on any atom is -0.391 e. The normalized spacial score (nSPS) is 19.6. The summed E-state index contributed by atoms with van der Waals surface area (Å²) >= 11 is 1.48. The van der Waals surface area contributed by atoms with Gasteiger partial charge in [-0.25, -0.2) is 14.4 Å². The van der Waals surface area contributed by atoms with Crippen LogP contribution in [0.15, 0.2) is 72.2 Å². The van der Waals surface area contributed by atoms with E-state index in [2.05, 4.69) is 48.4 Å². The van der Waals surface area contributed by atoms with Crippen molar-refractivity contribution in [3.63, 3.8) is 0 Å². The molecule has 5 aromatic rings. The Morgan fingerprint density at radius 2 is 1.64 bits per heavy atom. The molecule has 6 amide bonds. The molecule has 2 aliphatic heterocycles. The number of H-pyrrole nitrogens is 1. The number of aliphatic hydroxyl groups excluding tert-OH is 1. The molecular weight excluding hydrogens is 916 g/mol. The lowest BCUT2D eigenvalue weighted by Crippen LogP contribution is -2.59. The number of benzene rings is 3. The average Bonchev–Trinajstić information content (AvgIpc) is 3.72. The SMILES string of the molecule is Cc1ncsc1-c1ccc([C@H](CC(=O)NCCNC(=O)c2ccc(C(=O)Nc3ccc4nc(CN5CCC[C@@H]5C)[nH]c4c3)cc2)NC(=O)[C@@H]2C[C@@H](O)CN2C(=O)[C@@H](NC(=O)C2(F)CC2)C(C)(C)C)cc1. The number of aromatic nitrogens is 3. The third-order valence-electron chi connectivity index (χ3n) is 13.4. The number of nitrogens with zero attached hydrogens (tertiary/aromatic N) is 4. The lowest BCUT2D eigenvalue weighted by Gasteiger charge is -2.36. The quantitative estimate of drug-likeness (QED) is 0.0593. The highest BCUT2D eigenvalue weighted by molar-refractivity contribution is 7.13. The van der Waals surface area contributed by atoms with Crippen molar-refractivity contribution in [1.82, 2.24) is 46.0 Å². The number of fused-ring (bicyclic) bond motifs is 1. The van der Waals surface area contributed by atoms with E-state index in [-0.39, 0.29) is 51.2 Å². The van der Waals surface area contributed by atoms with Crippen LogP contribution in [0.5, 0.6) is 0 Å². The second-order valence-corrected chi connectivity index (χ2v) is 20.7. The summed E-state index contributed by atoms with van der Waals surface area (Å²) in [7, 11) is 0. The van der Waals surface area contributed by atoms with Crippen LogP contribution in [0.4, 0.5) is 10.1 Å². The van der Waals surface area contributed by atoms with Gasteiger partial charge in [0.2, 0.25) is 17.7 Å². The number of nitrogens with one attached hydrogen (secondary N) is 6. The maximum absolute atomic E-state index is 14.7. The molecule has 3 aromatic carbocycles. The largest absolute Gasteiger partial charge is 0.391 e. The third kappa shape index (κ3) is 11.7. The Kier molecular flexibility index (Phi) is 14.8. The van der Waals surface area contributed by atoms with Gasteiger partial charge in [0.15, 0.2) is 5.67 Å². The molecule has 70 heavy (non-hydrogen) atoms. The first-order valence-electron chi connectivity index (χ1n) is 23.8. The van der Waals surface area contributed by atoms with Gasteiger partial charge in [0.25, 0.3) is 17.7 Å². The zero-order chi connectivity index (χ0) is 49.9. The smallest absolute Gasteiger partial charge is 0.258 e. The molecule has 3 aliphatic rings. The minimum absolute atomic E-state index is 0.0616. The van der Waals surface area contributed by atoms with E-state index >= 15 is 0 Å². The topological polar surface area (TPSA) is 231 Å². The summed E-state index contributed by atoms with van der Waals surface area (Å²) in [6, 6.07) is 16.4. The van der Waals surface area contributed by atoms with Crippen LogP contribution in [-0.4, -0.2) is 121 Å². The number of hydrogen-bond acceptors (Lipinski definition) is 11. The maximum atomic E-state index is 14.7. The third-order valence-corrected chi connectivity index (χ3v) is 14.3. The molecule has 3 fully saturated rings. The Hall–Kier alpha value is -6.57. The van der Waals surface area contributed by atoms with E-state index in [1.54, 1.807) is 68.7 Å². The first kappa shape index (κ1) is 49.8. The van der Waals surface area contributed by atoms with E-state index in [1.807, 2.05) is 31.2 Å². The molecule has 5 atom stereocenters. The van der Waals surface area contributed by atoms with Gasteiger partial charge in [-0.2, -0.15) is 0 Å². The fraction of sp³-hybridized carbons (Fsp3) is 0.451. The summed E-state index contributed by atoms with van der Waals surface area (Å²) in [5, 5.41) is 24.8. The van der Waals surface area contributed by atoms with Gasteiger partial charge in [0.05, 0.1) is 52.2 Å². The van der Waals surface area contributed by atoms with Crippen molar-refractivity contribution in [2.75, 3.05) is 31.5 Å². The van der Waals surface area contributed by atoms with E-state index in [1.165, 1.54) is 29.1 Å². The molecule has 0 radical (unpaired) electrons. The highest BCUT2D eigenvalue weighted by Crippen LogP contribution is 2.40. The van der Waals surface area contributed by atoms with Crippen LogP contribution >= 0.6 is 11.3 Å². The number of rotatable bonds is 17. The molecule has 370 valence electrons. The second-order valence-electron chi connectivity index (χ2n) is 19.8. The first-order chi connectivity index (χ1) is 33.3. The number of likely N-dealkylation sites (tertiary alicyclic amines) is 2. The fourth-order valence-electron chi connectivity index (χ4n) is 9.03. The number of hydrogen-bond donors (Lipinski definition) is 7. The number of carbonyl (C=O) groups is 6. The van der Waals surface area contributed by atoms with Crippen molar-refractivity contribution in [3.8, 4) is 10.4 Å². The maximum Gasteiger partial charge on any atom is 0.258 e. The van der Waals surface area contributed by atoms with Crippen LogP contribution in [0, 0.1) is 12.3 Å². The zero-order valence-electron chi connectivity index (χ0n) is 40.1. The number of aryl methyl sites for hydroxylation is 1. The van der Waals surface area contributed by atoms with Gasteiger partial charge in [-0.05, 0) is 105 Å². The lowest BCUT2D eigenvalue weighted by atomic mass is 9.85. The van der Waals surface area contributed by atoms with Gasteiger partial charge in [0, 0.05) is 48.9 Å². The highest BCUT2D eigenvalue weighted by atomic mass is 32.1. The van der Waals surface area contributed by atoms with Crippen molar-refractivity contribution >= 4 is 63.5 Å². The number of amides is 6. The van der Waals surface area contributed by atoms with Crippen molar-refractivity contribution in [3.05, 3.63) is 100 Å². The van der Waals surface area contributed by atoms with Crippen LogP contribution < -0.4 is 26.6 Å². The Balaban J connectivity index is 0.860. The molecule has 0 bridgehead atoms. The Bertz CT molecular complexity index is 2750. The number of carbonyl (C=O) groups excluding carboxylic acids is 6. The zero-order valence-corrected chi connectivity index (χ0v) is 40.9. The number of β-amino-alcohol motifs (C(OH)–C–C–N with tert-alkyl or cyclic N) is 1. The van der Waals surface area contributed by atoms with Crippen molar-refractivity contribution in [1.29, 1.82) is 0 Å². The number of anilines is 1. The molecule has 2 saturated heterocycles. The molecule has 1 saturated carbocycles. The molecule has 19 heteroatoms. The summed E-state index contributed by atoms with van der Waals surface area (Å²) in [5.74, 6) is -2.42. The molecule has 8 rings (SSSR count). The summed E-state index contributed by atoms with van der Waals surface area (Å²) < 4.78 is 14.7. The number of alkyl halides is 1. The van der Waals surface area contributed by atoms with Crippen LogP contribution in [0.2, 0.25) is 0 Å². The Morgan fingerprint density at radius 3 is 2.29 bits per heavy atom. The Labute approximate surface area is 409 Å². The molecule has 2 aromatic heterocycles. The van der Waals surface area contributed by atoms with E-state index < -0.39 is 64.8 Å². The summed E-state index contributed by atoms with van der Waals surface area (Å²) in [4.78, 5) is 97.8. The van der Waals surface area contributed by atoms with Crippen molar-refractivity contribution < 1.29 is 38.3 Å². The number of aliphatic hydroxyl groups is 1. The lowest BCUT2D eigenvalue weighted by molar-refractivity contribution is -0.145. The fourth-order valence-corrected chi connectivity index (χ4v) is 9.84. The number of imidazole rings is 1. The predicted molar refractivity (Wildman–Crippen MR) is 263 cm³/mol. The molecule has 1 aliphatic carbocycles. The summed E-state index contributed by atoms with van der Waals surface area (Å²) in [6.07, 6.45) is 1.16. The molecule has 4 heterocycles. The van der Waals surface area contributed by atoms with E-state index in [0.717, 1.165) is 46.1 Å². The number of aromatic amines is 1. The van der Waals surface area contributed by atoms with Crippen LogP contribution in [-0.2, 0) is 25.7 Å². The first-order valence-corrected chi connectivity index (χ1v) is 24.7. The number of halogens is 1. The second kappa shape index (κ2) is 20.8. The van der Waals surface area contributed by atoms with E-state index in [0.29, 0.717) is 28.4 Å². The summed E-state index contributed by atoms with van der Waals surface area (Å²) in [5.41, 5.74) is 4.15. The molecular formula is C51H61FN10O7S. The molecule has 0 spiro atoms. The van der Waals surface area contributed by atoms with Crippen molar-refractivity contribution in [2.24, 2.45) is 5.41 Å². The van der Waals surface area contributed by atoms with Gasteiger partial charge in [-0.3, -0.25) is 33.7 Å². The van der Waals surface area contributed by atoms with Gasteiger partial charge in [-0.1, -0.05) is 45.0 Å². The minimum atomic E-state index is -2.03. The Morgan fingerprint density at radius 1 is 0.943 bits per heavy atom. The van der Waals surface area contributed by atoms with Gasteiger partial charge in [-0.15, -0.1) is 11.3 Å². The van der Waals surface area contributed by atoms with Gasteiger partial charge in [0.1, 0.15) is 17.9 Å². The standard InChI is InChI=1S/C51H61FN10O7S/c1-29-7-6-22-61(29)27-41-57-37-17-16-35(23-39(37)58-41)56-46(66)34-14-12-33(13-15-34)45(65)54-21-20-53-42(64)25-38(31-8-10-32(11-9-31)43-30(2)55-28-70-43)59-47(67)40-24-36(63)26-62(40)48(68)44(50(3,4)5)60-49(69)51(52)18-19-51/h8-17,23,28-29,36,38,40,44,63H,6-7,18-22,24-27H2,1-5H3,(H,53,64)(H,54,65)(H,56,66)(H,57,58)(H,59,67)(H,60,69)/t29-,36+,38-,40-,44+/m0/s1. The van der Waals surface area contributed by atoms with Crippen LogP contribution in [0.25, 0.3) is 21.5 Å².